The van der Waals surface area contributed by atoms with Crippen molar-refractivity contribution in [2.24, 2.45) is 0 Å². The fourth-order valence-electron chi connectivity index (χ4n) is 3.73. The molecule has 3 rings (SSSR count). The Labute approximate surface area is 199 Å². The van der Waals surface area contributed by atoms with E-state index in [1.54, 1.807) is 31.2 Å². The molecule has 0 radical (unpaired) electrons. The number of aryl methyl sites for hydroxylation is 2. The van der Waals surface area contributed by atoms with Gasteiger partial charge in [0, 0.05) is 11.0 Å². The van der Waals surface area contributed by atoms with Crippen molar-refractivity contribution in [2.45, 2.75) is 52.4 Å². The first-order valence-corrected chi connectivity index (χ1v) is 11.6. The molecule has 0 aliphatic heterocycles. The maximum Gasteiger partial charge on any atom is 0.344 e. The minimum absolute atomic E-state index is 0.308. The van der Waals surface area contributed by atoms with Crippen molar-refractivity contribution < 1.29 is 23.5 Å². The third kappa shape index (κ3) is 6.44. The van der Waals surface area contributed by atoms with Crippen LogP contribution in [0.5, 0.6) is 5.75 Å². The fourth-order valence-corrected chi connectivity index (χ4v) is 3.73. The van der Waals surface area contributed by atoms with Crippen LogP contribution >= 0.6 is 0 Å². The molecule has 0 N–H and O–H groups in total. The van der Waals surface area contributed by atoms with Crippen LogP contribution in [0, 0.1) is 0 Å². The van der Waals surface area contributed by atoms with Crippen LogP contribution in [0.3, 0.4) is 0 Å². The maximum absolute atomic E-state index is 12.8. The van der Waals surface area contributed by atoms with Crippen molar-refractivity contribution in [3.8, 4) is 16.9 Å². The van der Waals surface area contributed by atoms with Crippen molar-refractivity contribution in [2.75, 3.05) is 6.61 Å². The molecule has 6 nitrogen and oxygen atoms in total. The third-order valence-electron chi connectivity index (χ3n) is 5.57. The Hall–Kier alpha value is -3.67. The Morgan fingerprint density at radius 3 is 2.50 bits per heavy atom. The molecule has 0 fully saturated rings. The average molecular weight is 463 g/mol. The number of fused-ring (bicyclic) bond motifs is 1. The molecule has 34 heavy (non-hydrogen) atoms. The van der Waals surface area contributed by atoms with Gasteiger partial charge in [-0.1, -0.05) is 38.1 Å². The highest BCUT2D eigenvalue weighted by Gasteiger charge is 2.13. The summed E-state index contributed by atoms with van der Waals surface area (Å²) in [4.78, 5) is 34.9. The number of hydrogen-bond acceptors (Lipinski definition) is 6. The second kappa shape index (κ2) is 12.0. The first-order chi connectivity index (χ1) is 16.4. The van der Waals surface area contributed by atoms with Gasteiger partial charge >= 0.3 is 11.6 Å². The van der Waals surface area contributed by atoms with Gasteiger partial charge in [-0.3, -0.25) is 4.79 Å². The van der Waals surface area contributed by atoms with Crippen molar-refractivity contribution in [3.63, 3.8) is 0 Å². The summed E-state index contributed by atoms with van der Waals surface area (Å²) in [5.41, 5.74) is 3.83. The van der Waals surface area contributed by atoms with Crippen LogP contribution in [0.4, 0.5) is 0 Å². The molecule has 0 aliphatic rings. The summed E-state index contributed by atoms with van der Waals surface area (Å²) in [5.74, 6) is -0.124. The summed E-state index contributed by atoms with van der Waals surface area (Å²) in [6, 6.07) is 12.7. The number of unbranched alkanes of at least 4 members (excludes halogenated alkanes) is 2. The average Bonchev–Trinajstić information content (AvgIpc) is 2.82. The summed E-state index contributed by atoms with van der Waals surface area (Å²) in [5, 5.41) is 0.893. The number of rotatable bonds is 12. The van der Waals surface area contributed by atoms with Gasteiger partial charge in [-0.2, -0.15) is 0 Å². The van der Waals surface area contributed by atoms with Gasteiger partial charge in [-0.15, -0.1) is 0 Å². The lowest BCUT2D eigenvalue weighted by atomic mass is 9.96. The highest BCUT2D eigenvalue weighted by atomic mass is 16.5. The number of carbonyl (C=O) groups is 2. The smallest absolute Gasteiger partial charge is 0.344 e. The molecule has 178 valence electrons. The molecule has 0 atom stereocenters. The monoisotopic (exact) mass is 462 g/mol. The highest BCUT2D eigenvalue weighted by molar-refractivity contribution is 5.89. The maximum atomic E-state index is 12.8. The molecule has 0 aliphatic carbocycles. The van der Waals surface area contributed by atoms with E-state index in [-0.39, 0.29) is 0 Å². The van der Waals surface area contributed by atoms with Crippen LogP contribution in [0.1, 0.15) is 50.7 Å². The lowest BCUT2D eigenvalue weighted by Gasteiger charge is -2.11. The normalized spacial score (nSPS) is 10.8. The van der Waals surface area contributed by atoms with Gasteiger partial charge in [0.2, 0.25) is 0 Å². The van der Waals surface area contributed by atoms with E-state index in [1.165, 1.54) is 0 Å². The molecule has 1 aromatic heterocycles. The molecule has 2 aromatic carbocycles. The van der Waals surface area contributed by atoms with E-state index in [0.29, 0.717) is 41.1 Å². The summed E-state index contributed by atoms with van der Waals surface area (Å²) in [6.45, 7) is 8.15. The lowest BCUT2D eigenvalue weighted by molar-refractivity contribution is -0.130. The summed E-state index contributed by atoms with van der Waals surface area (Å²) in [6.07, 6.45) is 5.44. The molecule has 6 heteroatoms. The zero-order valence-corrected chi connectivity index (χ0v) is 19.7. The highest BCUT2D eigenvalue weighted by Crippen LogP contribution is 2.28. The summed E-state index contributed by atoms with van der Waals surface area (Å²) in [7, 11) is 0. The van der Waals surface area contributed by atoms with Gasteiger partial charge in [0.25, 0.3) is 6.47 Å². The quantitative estimate of drug-likeness (QED) is 0.0847. The van der Waals surface area contributed by atoms with Crippen LogP contribution in [-0.4, -0.2) is 19.0 Å². The van der Waals surface area contributed by atoms with Crippen LogP contribution in [0.15, 0.2) is 63.8 Å². The topological polar surface area (TPSA) is 82.8 Å². The zero-order valence-electron chi connectivity index (χ0n) is 19.7. The first kappa shape index (κ1) is 25.0. The van der Waals surface area contributed by atoms with Gasteiger partial charge in [-0.05, 0) is 80.0 Å². The van der Waals surface area contributed by atoms with E-state index in [9.17, 15) is 14.4 Å². The second-order valence-corrected chi connectivity index (χ2v) is 8.34. The SMILES string of the molecule is C=C(C)C(=O)Oc1ccc(-c2cc3c(CCCCOC=O)cc(CCCC)cc3oc2=O)cc1. The lowest BCUT2D eigenvalue weighted by Crippen LogP contribution is -2.08. The van der Waals surface area contributed by atoms with E-state index in [1.807, 2.05) is 12.1 Å². The van der Waals surface area contributed by atoms with Crippen LogP contribution < -0.4 is 10.4 Å². The van der Waals surface area contributed by atoms with E-state index < -0.39 is 11.6 Å². The Morgan fingerprint density at radius 1 is 1.06 bits per heavy atom. The summed E-state index contributed by atoms with van der Waals surface area (Å²) < 4.78 is 15.8. The van der Waals surface area contributed by atoms with Crippen molar-refractivity contribution in [1.82, 2.24) is 0 Å². The Balaban J connectivity index is 1.95. The number of carbonyl (C=O) groups excluding carboxylic acids is 2. The second-order valence-electron chi connectivity index (χ2n) is 8.34. The minimum Gasteiger partial charge on any atom is -0.468 e. The Bertz CT molecular complexity index is 1220. The molecule has 0 spiro atoms. The van der Waals surface area contributed by atoms with Gasteiger partial charge in [0.1, 0.15) is 11.3 Å². The van der Waals surface area contributed by atoms with Crippen molar-refractivity contribution in [1.29, 1.82) is 0 Å². The Morgan fingerprint density at radius 2 is 1.82 bits per heavy atom. The standard InChI is InChI=1S/C28H30O6/c1-4-5-8-20-15-22(9-6-7-14-32-18-29)24-17-25(28(31)34-26(24)16-20)21-10-12-23(13-11-21)33-27(30)19(2)3/h10-13,15-18H,2,4-9,14H2,1,3H3. The number of ether oxygens (including phenoxy) is 2. The van der Waals surface area contributed by atoms with Crippen LogP contribution in [0.2, 0.25) is 0 Å². The molecular formula is C28H30O6. The van der Waals surface area contributed by atoms with Gasteiger partial charge in [-0.25, -0.2) is 9.59 Å². The number of benzene rings is 2. The molecule has 3 aromatic rings. The largest absolute Gasteiger partial charge is 0.468 e. The van der Waals surface area contributed by atoms with E-state index in [4.69, 9.17) is 13.9 Å². The van der Waals surface area contributed by atoms with Gasteiger partial charge in [0.05, 0.1) is 12.2 Å². The minimum atomic E-state index is -0.500. The molecule has 0 bridgehead atoms. The number of esters is 1. The molecule has 0 unspecified atom stereocenters. The predicted molar refractivity (Wildman–Crippen MR) is 132 cm³/mol. The zero-order chi connectivity index (χ0) is 24.5. The van der Waals surface area contributed by atoms with Gasteiger partial charge < -0.3 is 13.9 Å². The molecule has 0 amide bonds. The fraction of sp³-hybridized carbons (Fsp3) is 0.321. The first-order valence-electron chi connectivity index (χ1n) is 11.6. The van der Waals surface area contributed by atoms with Gasteiger partial charge in [0.15, 0.2) is 0 Å². The van der Waals surface area contributed by atoms with E-state index in [2.05, 4.69) is 19.6 Å². The third-order valence-corrected chi connectivity index (χ3v) is 5.57. The van der Waals surface area contributed by atoms with Crippen LogP contribution in [-0.2, 0) is 27.2 Å². The van der Waals surface area contributed by atoms with Crippen molar-refractivity contribution in [3.05, 3.63) is 76.2 Å². The summed E-state index contributed by atoms with van der Waals surface area (Å²) >= 11 is 0. The van der Waals surface area contributed by atoms with Crippen LogP contribution in [0.25, 0.3) is 22.1 Å². The number of hydrogen-bond donors (Lipinski definition) is 0. The molecule has 0 saturated carbocycles. The van der Waals surface area contributed by atoms with Crippen molar-refractivity contribution >= 4 is 23.4 Å². The van der Waals surface area contributed by atoms with E-state index in [0.717, 1.165) is 55.0 Å². The molecular weight excluding hydrogens is 432 g/mol. The predicted octanol–water partition coefficient (Wildman–Crippen LogP) is 5.78. The molecule has 0 saturated heterocycles. The van der Waals surface area contributed by atoms with E-state index >= 15 is 0 Å². The molecule has 1 heterocycles. The Kier molecular flexibility index (Phi) is 8.79.